The number of anilines is 1. The Morgan fingerprint density at radius 2 is 1.95 bits per heavy atom. The van der Waals surface area contributed by atoms with Gasteiger partial charge in [0.15, 0.2) is 11.5 Å². The first-order chi connectivity index (χ1) is 9.81. The van der Waals surface area contributed by atoms with E-state index in [0.29, 0.717) is 5.75 Å². The lowest BCUT2D eigenvalue weighted by atomic mass is 10.1. The van der Waals surface area contributed by atoms with Gasteiger partial charge in [-0.1, -0.05) is 18.2 Å². The van der Waals surface area contributed by atoms with Crippen molar-refractivity contribution < 1.29 is 14.3 Å². The highest BCUT2D eigenvalue weighted by Gasteiger charge is 2.29. The molecule has 20 heavy (non-hydrogen) atoms. The minimum absolute atomic E-state index is 0.00688. The van der Waals surface area contributed by atoms with Gasteiger partial charge in [-0.25, -0.2) is 0 Å². The van der Waals surface area contributed by atoms with Gasteiger partial charge in [-0.2, -0.15) is 0 Å². The summed E-state index contributed by atoms with van der Waals surface area (Å²) < 4.78 is 10.7. The van der Waals surface area contributed by atoms with E-state index >= 15 is 0 Å². The quantitative estimate of drug-likeness (QED) is 0.874. The van der Waals surface area contributed by atoms with Crippen LogP contribution in [0.4, 0.5) is 5.69 Å². The van der Waals surface area contributed by atoms with Gasteiger partial charge in [0.05, 0.1) is 5.69 Å². The van der Waals surface area contributed by atoms with Crippen molar-refractivity contribution in [3.8, 4) is 11.5 Å². The van der Waals surface area contributed by atoms with Gasteiger partial charge in [0.1, 0.15) is 5.25 Å². The third kappa shape index (κ3) is 1.82. The molecule has 0 aromatic heterocycles. The molecule has 1 unspecified atom stereocenters. The van der Waals surface area contributed by atoms with E-state index in [1.807, 2.05) is 42.5 Å². The lowest BCUT2D eigenvalue weighted by Gasteiger charge is -2.24. The normalized spacial score (nSPS) is 19.4. The predicted molar refractivity (Wildman–Crippen MR) is 76.2 cm³/mol. The fourth-order valence-electron chi connectivity index (χ4n) is 2.35. The van der Waals surface area contributed by atoms with Crippen LogP contribution in [0.25, 0.3) is 0 Å². The first kappa shape index (κ1) is 11.7. The molecule has 4 nitrogen and oxygen atoms in total. The molecule has 0 spiro atoms. The minimum Gasteiger partial charge on any atom is -0.454 e. The van der Waals surface area contributed by atoms with Crippen molar-refractivity contribution in [3.63, 3.8) is 0 Å². The molecule has 1 amide bonds. The molecular weight excluding hydrogens is 274 g/mol. The third-order valence-corrected chi connectivity index (χ3v) is 4.66. The van der Waals surface area contributed by atoms with E-state index in [-0.39, 0.29) is 18.0 Å². The van der Waals surface area contributed by atoms with E-state index in [9.17, 15) is 4.79 Å². The maximum absolute atomic E-state index is 12.3. The summed E-state index contributed by atoms with van der Waals surface area (Å²) in [7, 11) is 0. The van der Waals surface area contributed by atoms with Crippen LogP contribution in [0.5, 0.6) is 11.5 Å². The smallest absolute Gasteiger partial charge is 0.242 e. The second kappa shape index (κ2) is 4.45. The van der Waals surface area contributed by atoms with E-state index in [0.717, 1.165) is 21.9 Å². The molecule has 0 radical (unpaired) electrons. The summed E-state index contributed by atoms with van der Waals surface area (Å²) in [5.41, 5.74) is 1.80. The Morgan fingerprint density at radius 1 is 1.10 bits per heavy atom. The Balaban J connectivity index is 1.71. The van der Waals surface area contributed by atoms with Crippen LogP contribution in [0.2, 0.25) is 0 Å². The summed E-state index contributed by atoms with van der Waals surface area (Å²) >= 11 is 1.56. The van der Waals surface area contributed by atoms with Gasteiger partial charge in [-0.3, -0.25) is 4.79 Å². The Hall–Kier alpha value is -2.14. The number of ether oxygens (including phenoxy) is 2. The SMILES string of the molecule is O=C1Nc2ccccc2SC1c1ccc2c(c1)OCO2. The monoisotopic (exact) mass is 285 g/mol. The summed E-state index contributed by atoms with van der Waals surface area (Å²) in [6.07, 6.45) is 0. The zero-order valence-corrected chi connectivity index (χ0v) is 11.3. The van der Waals surface area contributed by atoms with E-state index in [4.69, 9.17) is 9.47 Å². The van der Waals surface area contributed by atoms with E-state index in [1.54, 1.807) is 11.8 Å². The van der Waals surface area contributed by atoms with Gasteiger partial charge in [0.25, 0.3) is 0 Å². The van der Waals surface area contributed by atoms with Gasteiger partial charge >= 0.3 is 0 Å². The van der Waals surface area contributed by atoms with Gasteiger partial charge in [-0.15, -0.1) is 11.8 Å². The van der Waals surface area contributed by atoms with Gasteiger partial charge in [0.2, 0.25) is 12.7 Å². The van der Waals surface area contributed by atoms with Crippen LogP contribution in [-0.2, 0) is 4.79 Å². The Labute approximate surface area is 120 Å². The highest BCUT2D eigenvalue weighted by atomic mass is 32.2. The number of amides is 1. The number of rotatable bonds is 1. The van der Waals surface area contributed by atoms with Crippen molar-refractivity contribution in [2.24, 2.45) is 0 Å². The standard InChI is InChI=1S/C15H11NO3S/c17-15-14(20-13-4-2-1-3-10(13)16-15)9-5-6-11-12(7-9)19-8-18-11/h1-7,14H,8H2,(H,16,17). The topological polar surface area (TPSA) is 47.6 Å². The van der Waals surface area contributed by atoms with Crippen LogP contribution < -0.4 is 14.8 Å². The van der Waals surface area contributed by atoms with Gasteiger partial charge in [0, 0.05) is 4.90 Å². The zero-order chi connectivity index (χ0) is 13.5. The summed E-state index contributed by atoms with van der Waals surface area (Å²) in [4.78, 5) is 13.3. The number of hydrogen-bond donors (Lipinski definition) is 1. The average Bonchev–Trinajstić information content (AvgIpc) is 2.94. The first-order valence-electron chi connectivity index (χ1n) is 6.27. The molecule has 0 aliphatic carbocycles. The molecule has 1 N–H and O–H groups in total. The molecule has 2 aliphatic heterocycles. The maximum atomic E-state index is 12.3. The number of benzene rings is 2. The molecule has 2 aliphatic rings. The highest BCUT2D eigenvalue weighted by Crippen LogP contribution is 2.45. The Kier molecular flexibility index (Phi) is 2.60. The van der Waals surface area contributed by atoms with Crippen LogP contribution in [0, 0.1) is 0 Å². The third-order valence-electron chi connectivity index (χ3n) is 3.33. The molecule has 0 saturated heterocycles. The molecule has 2 aromatic rings. The van der Waals surface area contributed by atoms with Crippen LogP contribution in [0.15, 0.2) is 47.4 Å². The van der Waals surface area contributed by atoms with Crippen LogP contribution >= 0.6 is 11.8 Å². The lowest BCUT2D eigenvalue weighted by Crippen LogP contribution is -2.22. The van der Waals surface area contributed by atoms with Crippen molar-refractivity contribution in [2.75, 3.05) is 12.1 Å². The molecule has 2 aromatic carbocycles. The van der Waals surface area contributed by atoms with Crippen molar-refractivity contribution in [1.29, 1.82) is 0 Å². The second-order valence-electron chi connectivity index (χ2n) is 4.60. The highest BCUT2D eigenvalue weighted by molar-refractivity contribution is 8.00. The molecule has 0 fully saturated rings. The van der Waals surface area contributed by atoms with Gasteiger partial charge in [-0.05, 0) is 29.8 Å². The molecule has 0 saturated carbocycles. The van der Waals surface area contributed by atoms with Crippen molar-refractivity contribution in [1.82, 2.24) is 0 Å². The lowest BCUT2D eigenvalue weighted by molar-refractivity contribution is -0.115. The van der Waals surface area contributed by atoms with E-state index in [1.165, 1.54) is 0 Å². The number of para-hydroxylation sites is 1. The molecule has 4 rings (SSSR count). The van der Waals surface area contributed by atoms with Crippen LogP contribution in [-0.4, -0.2) is 12.7 Å². The Morgan fingerprint density at radius 3 is 2.90 bits per heavy atom. The molecule has 5 heteroatoms. The van der Waals surface area contributed by atoms with Crippen LogP contribution in [0.1, 0.15) is 10.8 Å². The number of carbonyl (C=O) groups is 1. The maximum Gasteiger partial charge on any atom is 0.242 e. The molecule has 2 heterocycles. The summed E-state index contributed by atoms with van der Waals surface area (Å²) in [5, 5.41) is 2.68. The van der Waals surface area contributed by atoms with Crippen molar-refractivity contribution in [3.05, 3.63) is 48.0 Å². The zero-order valence-electron chi connectivity index (χ0n) is 10.5. The molecule has 100 valence electrons. The molecular formula is C15H11NO3S. The van der Waals surface area contributed by atoms with E-state index < -0.39 is 0 Å². The summed E-state index contributed by atoms with van der Waals surface area (Å²) in [5.74, 6) is 1.43. The fourth-order valence-corrected chi connectivity index (χ4v) is 3.45. The fraction of sp³-hybridized carbons (Fsp3) is 0.133. The largest absolute Gasteiger partial charge is 0.454 e. The summed E-state index contributed by atoms with van der Waals surface area (Å²) in [6.45, 7) is 0.242. The van der Waals surface area contributed by atoms with Crippen molar-refractivity contribution in [2.45, 2.75) is 10.1 Å². The summed E-state index contributed by atoms with van der Waals surface area (Å²) in [6, 6.07) is 13.5. The molecule has 1 atom stereocenters. The number of hydrogen-bond acceptors (Lipinski definition) is 4. The number of carbonyl (C=O) groups excluding carboxylic acids is 1. The molecule has 0 bridgehead atoms. The van der Waals surface area contributed by atoms with Crippen molar-refractivity contribution >= 4 is 23.4 Å². The van der Waals surface area contributed by atoms with Gasteiger partial charge < -0.3 is 14.8 Å². The average molecular weight is 285 g/mol. The number of fused-ring (bicyclic) bond motifs is 2. The number of thioether (sulfide) groups is 1. The number of nitrogens with one attached hydrogen (secondary N) is 1. The second-order valence-corrected chi connectivity index (χ2v) is 5.74. The predicted octanol–water partition coefficient (Wildman–Crippen LogP) is 3.20. The van der Waals surface area contributed by atoms with E-state index in [2.05, 4.69) is 5.32 Å². The first-order valence-corrected chi connectivity index (χ1v) is 7.15. The van der Waals surface area contributed by atoms with Crippen LogP contribution in [0.3, 0.4) is 0 Å². The minimum atomic E-state index is -0.264. The Bertz CT molecular complexity index is 701.